The van der Waals surface area contributed by atoms with Crippen LogP contribution in [0.5, 0.6) is 0 Å². The number of alkyl halides is 1. The summed E-state index contributed by atoms with van der Waals surface area (Å²) < 4.78 is 18.2. The minimum Gasteiger partial charge on any atom is -0.383 e. The Bertz CT molecular complexity index is 346. The maximum atomic E-state index is 13.2. The van der Waals surface area contributed by atoms with Crippen molar-refractivity contribution in [1.29, 1.82) is 0 Å². The maximum absolute atomic E-state index is 13.2. The molecule has 17 heavy (non-hydrogen) atoms. The lowest BCUT2D eigenvalue weighted by Gasteiger charge is -2.21. The van der Waals surface area contributed by atoms with Crippen molar-refractivity contribution in [1.82, 2.24) is 4.90 Å². The standard InChI is InChI=1S/C13H19ClFNO/c1-11-3-4-13(15)9-12(11)10-16(6-5-14)7-8-17-2/h3-4,9H,5-8,10H2,1-2H3. The van der Waals surface area contributed by atoms with Crippen LogP contribution < -0.4 is 0 Å². The summed E-state index contributed by atoms with van der Waals surface area (Å²) in [6.07, 6.45) is 0. The van der Waals surface area contributed by atoms with Crippen molar-refractivity contribution in [3.8, 4) is 0 Å². The number of nitrogens with zero attached hydrogens (tertiary/aromatic N) is 1. The Morgan fingerprint density at radius 2 is 2.12 bits per heavy atom. The summed E-state index contributed by atoms with van der Waals surface area (Å²) in [5.41, 5.74) is 2.11. The summed E-state index contributed by atoms with van der Waals surface area (Å²) in [4.78, 5) is 2.16. The molecule has 0 saturated heterocycles. The van der Waals surface area contributed by atoms with E-state index in [1.165, 1.54) is 6.07 Å². The highest BCUT2D eigenvalue weighted by molar-refractivity contribution is 6.18. The van der Waals surface area contributed by atoms with E-state index in [0.29, 0.717) is 19.0 Å². The smallest absolute Gasteiger partial charge is 0.123 e. The van der Waals surface area contributed by atoms with Gasteiger partial charge in [0.15, 0.2) is 0 Å². The van der Waals surface area contributed by atoms with Crippen molar-refractivity contribution >= 4 is 11.6 Å². The summed E-state index contributed by atoms with van der Waals surface area (Å²) in [7, 11) is 1.67. The van der Waals surface area contributed by atoms with Crippen LogP contribution in [-0.4, -0.2) is 37.6 Å². The van der Waals surface area contributed by atoms with Crippen molar-refractivity contribution in [3.05, 3.63) is 35.1 Å². The molecule has 4 heteroatoms. The summed E-state index contributed by atoms with van der Waals surface area (Å²) in [6, 6.07) is 4.88. The first-order valence-electron chi connectivity index (χ1n) is 5.69. The highest BCUT2D eigenvalue weighted by Gasteiger charge is 2.08. The Morgan fingerprint density at radius 1 is 1.35 bits per heavy atom. The molecule has 0 fully saturated rings. The monoisotopic (exact) mass is 259 g/mol. The van der Waals surface area contributed by atoms with Crippen molar-refractivity contribution in [2.24, 2.45) is 0 Å². The number of aryl methyl sites for hydroxylation is 1. The van der Waals surface area contributed by atoms with Gasteiger partial charge in [0.1, 0.15) is 5.82 Å². The number of benzene rings is 1. The number of rotatable bonds is 7. The third-order valence-electron chi connectivity index (χ3n) is 2.72. The van der Waals surface area contributed by atoms with Crippen LogP contribution in [-0.2, 0) is 11.3 Å². The van der Waals surface area contributed by atoms with Crippen molar-refractivity contribution in [3.63, 3.8) is 0 Å². The second-order valence-corrected chi connectivity index (χ2v) is 4.41. The number of methoxy groups -OCH3 is 1. The van der Waals surface area contributed by atoms with Gasteiger partial charge in [-0.1, -0.05) is 6.07 Å². The summed E-state index contributed by atoms with van der Waals surface area (Å²) >= 11 is 5.76. The van der Waals surface area contributed by atoms with Gasteiger partial charge in [-0.3, -0.25) is 4.90 Å². The van der Waals surface area contributed by atoms with Crippen LogP contribution in [0.15, 0.2) is 18.2 Å². The lowest BCUT2D eigenvalue weighted by Crippen LogP contribution is -2.29. The fraction of sp³-hybridized carbons (Fsp3) is 0.538. The second-order valence-electron chi connectivity index (χ2n) is 4.03. The van der Waals surface area contributed by atoms with Gasteiger partial charge >= 0.3 is 0 Å². The highest BCUT2D eigenvalue weighted by atomic mass is 35.5. The topological polar surface area (TPSA) is 12.5 Å². The predicted molar refractivity (Wildman–Crippen MR) is 69.0 cm³/mol. The third kappa shape index (κ3) is 5.02. The normalized spacial score (nSPS) is 11.1. The number of hydrogen-bond donors (Lipinski definition) is 0. The molecule has 1 rings (SSSR count). The summed E-state index contributed by atoms with van der Waals surface area (Å²) in [5.74, 6) is 0.376. The van der Waals surface area contributed by atoms with E-state index in [1.807, 2.05) is 6.92 Å². The molecule has 0 spiro atoms. The third-order valence-corrected chi connectivity index (χ3v) is 2.89. The van der Waals surface area contributed by atoms with E-state index in [1.54, 1.807) is 19.2 Å². The molecule has 0 bridgehead atoms. The van der Waals surface area contributed by atoms with Gasteiger partial charge in [0, 0.05) is 32.6 Å². The molecular weight excluding hydrogens is 241 g/mol. The van der Waals surface area contributed by atoms with Gasteiger partial charge in [-0.05, 0) is 30.2 Å². The zero-order valence-electron chi connectivity index (χ0n) is 10.4. The molecule has 0 aliphatic heterocycles. The zero-order chi connectivity index (χ0) is 12.7. The fourth-order valence-corrected chi connectivity index (χ4v) is 1.90. The quantitative estimate of drug-likeness (QED) is 0.699. The maximum Gasteiger partial charge on any atom is 0.123 e. The average molecular weight is 260 g/mol. The SMILES string of the molecule is COCCN(CCCl)Cc1cc(F)ccc1C. The molecule has 0 aliphatic rings. The number of halogens is 2. The summed E-state index contributed by atoms with van der Waals surface area (Å²) in [6.45, 7) is 4.94. The van der Waals surface area contributed by atoms with Gasteiger partial charge in [0.05, 0.1) is 6.61 Å². The molecule has 0 atom stereocenters. The highest BCUT2D eigenvalue weighted by Crippen LogP contribution is 2.13. The van der Waals surface area contributed by atoms with E-state index in [4.69, 9.17) is 16.3 Å². The molecule has 2 nitrogen and oxygen atoms in total. The summed E-state index contributed by atoms with van der Waals surface area (Å²) in [5, 5.41) is 0. The Hall–Kier alpha value is -0.640. The molecule has 1 aromatic rings. The largest absolute Gasteiger partial charge is 0.383 e. The van der Waals surface area contributed by atoms with E-state index in [0.717, 1.165) is 24.2 Å². The molecule has 0 unspecified atom stereocenters. The van der Waals surface area contributed by atoms with E-state index in [-0.39, 0.29) is 5.82 Å². The molecule has 0 N–H and O–H groups in total. The first kappa shape index (κ1) is 14.4. The lowest BCUT2D eigenvalue weighted by molar-refractivity contribution is 0.148. The molecule has 0 aliphatic carbocycles. The fourth-order valence-electron chi connectivity index (χ4n) is 1.66. The minimum atomic E-state index is -0.192. The second kappa shape index (κ2) is 7.64. The van der Waals surface area contributed by atoms with Gasteiger partial charge in [-0.25, -0.2) is 4.39 Å². The molecule has 0 radical (unpaired) electrons. The van der Waals surface area contributed by atoms with Gasteiger partial charge in [-0.15, -0.1) is 11.6 Å². The molecule has 96 valence electrons. The molecular formula is C13H19ClFNO. The number of hydrogen-bond acceptors (Lipinski definition) is 2. The van der Waals surface area contributed by atoms with Crippen LogP contribution in [0.25, 0.3) is 0 Å². The van der Waals surface area contributed by atoms with Gasteiger partial charge < -0.3 is 4.74 Å². The first-order valence-corrected chi connectivity index (χ1v) is 6.23. The van der Waals surface area contributed by atoms with Crippen LogP contribution in [0.3, 0.4) is 0 Å². The van der Waals surface area contributed by atoms with E-state index in [9.17, 15) is 4.39 Å². The van der Waals surface area contributed by atoms with Gasteiger partial charge in [0.2, 0.25) is 0 Å². The van der Waals surface area contributed by atoms with Crippen LogP contribution >= 0.6 is 11.6 Å². The molecule has 0 saturated carbocycles. The van der Waals surface area contributed by atoms with Crippen LogP contribution in [0.2, 0.25) is 0 Å². The number of ether oxygens (including phenoxy) is 1. The van der Waals surface area contributed by atoms with Gasteiger partial charge in [0.25, 0.3) is 0 Å². The first-order chi connectivity index (χ1) is 8.17. The average Bonchev–Trinajstić information content (AvgIpc) is 2.31. The van der Waals surface area contributed by atoms with E-state index >= 15 is 0 Å². The van der Waals surface area contributed by atoms with Gasteiger partial charge in [-0.2, -0.15) is 0 Å². The Morgan fingerprint density at radius 3 is 2.76 bits per heavy atom. The minimum absolute atomic E-state index is 0.192. The van der Waals surface area contributed by atoms with E-state index < -0.39 is 0 Å². The molecule has 1 aromatic carbocycles. The van der Waals surface area contributed by atoms with E-state index in [2.05, 4.69) is 4.90 Å². The zero-order valence-corrected chi connectivity index (χ0v) is 11.1. The Kier molecular flexibility index (Phi) is 6.48. The molecule has 0 amide bonds. The van der Waals surface area contributed by atoms with Crippen molar-refractivity contribution < 1.29 is 9.13 Å². The Balaban J connectivity index is 2.67. The molecule has 0 heterocycles. The molecule has 0 aromatic heterocycles. The lowest BCUT2D eigenvalue weighted by atomic mass is 10.1. The van der Waals surface area contributed by atoms with Crippen LogP contribution in [0.4, 0.5) is 4.39 Å². The van der Waals surface area contributed by atoms with Crippen molar-refractivity contribution in [2.75, 3.05) is 32.7 Å². The Labute approximate surface area is 107 Å². The predicted octanol–water partition coefficient (Wildman–Crippen LogP) is 2.82. The van der Waals surface area contributed by atoms with Crippen LogP contribution in [0, 0.1) is 12.7 Å². The van der Waals surface area contributed by atoms with Crippen LogP contribution in [0.1, 0.15) is 11.1 Å². The van der Waals surface area contributed by atoms with Crippen molar-refractivity contribution in [2.45, 2.75) is 13.5 Å².